The Bertz CT molecular complexity index is 740. The van der Waals surface area contributed by atoms with E-state index in [-0.39, 0.29) is 48.6 Å². The molecule has 0 spiro atoms. The predicted molar refractivity (Wildman–Crippen MR) is 109 cm³/mol. The van der Waals surface area contributed by atoms with Gasteiger partial charge in [0.15, 0.2) is 0 Å². The molecule has 3 rings (SSSR count). The molecular formula is C22H31N3O4. The minimum atomic E-state index is -0.165. The molecule has 1 aromatic carbocycles. The summed E-state index contributed by atoms with van der Waals surface area (Å²) in [5, 5.41) is 2.94. The molecule has 3 atom stereocenters. The summed E-state index contributed by atoms with van der Waals surface area (Å²) >= 11 is 0. The lowest BCUT2D eigenvalue weighted by Gasteiger charge is -2.26. The second-order valence-electron chi connectivity index (χ2n) is 8.10. The van der Waals surface area contributed by atoms with Gasteiger partial charge in [-0.25, -0.2) is 0 Å². The molecule has 1 aliphatic heterocycles. The molecule has 3 amide bonds. The Balaban J connectivity index is 1.55. The van der Waals surface area contributed by atoms with Crippen LogP contribution in [-0.4, -0.2) is 61.8 Å². The van der Waals surface area contributed by atoms with Crippen molar-refractivity contribution >= 4 is 17.7 Å². The number of para-hydroxylation sites is 1. The normalized spacial score (nSPS) is 22.6. The third-order valence-corrected chi connectivity index (χ3v) is 6.11. The van der Waals surface area contributed by atoms with Gasteiger partial charge in [-0.2, -0.15) is 0 Å². The van der Waals surface area contributed by atoms with Gasteiger partial charge >= 0.3 is 0 Å². The fourth-order valence-electron chi connectivity index (χ4n) is 4.48. The first-order chi connectivity index (χ1) is 13.9. The predicted octanol–water partition coefficient (Wildman–Crippen LogP) is 1.98. The molecule has 1 N–H and O–H groups in total. The zero-order chi connectivity index (χ0) is 21.0. The van der Waals surface area contributed by atoms with Gasteiger partial charge in [-0.15, -0.1) is 0 Å². The summed E-state index contributed by atoms with van der Waals surface area (Å²) in [4.78, 5) is 40.8. The quantitative estimate of drug-likeness (QED) is 0.674. The van der Waals surface area contributed by atoms with Crippen molar-refractivity contribution in [1.29, 1.82) is 0 Å². The number of imide groups is 1. The number of nitrogens with zero attached hydrogens (tertiary/aromatic N) is 2. The van der Waals surface area contributed by atoms with Crippen molar-refractivity contribution in [2.45, 2.75) is 38.1 Å². The first kappa shape index (κ1) is 21.3. The highest BCUT2D eigenvalue weighted by molar-refractivity contribution is 6.05. The summed E-state index contributed by atoms with van der Waals surface area (Å²) in [6, 6.07) is 7.69. The lowest BCUT2D eigenvalue weighted by atomic mass is 9.81. The highest BCUT2D eigenvalue weighted by atomic mass is 16.5. The number of fused-ring (bicyclic) bond motifs is 1. The fourth-order valence-corrected chi connectivity index (χ4v) is 4.48. The molecule has 0 aromatic heterocycles. The van der Waals surface area contributed by atoms with Gasteiger partial charge in [0.05, 0.1) is 25.0 Å². The zero-order valence-electron chi connectivity index (χ0n) is 17.5. The second-order valence-corrected chi connectivity index (χ2v) is 8.10. The van der Waals surface area contributed by atoms with Gasteiger partial charge in [0, 0.05) is 25.1 Å². The number of methoxy groups -OCH3 is 1. The average Bonchev–Trinajstić information content (AvgIpc) is 2.97. The summed E-state index contributed by atoms with van der Waals surface area (Å²) in [5.74, 6) is 0.102. The van der Waals surface area contributed by atoms with Crippen LogP contribution in [0, 0.1) is 11.8 Å². The summed E-state index contributed by atoms with van der Waals surface area (Å²) < 4.78 is 5.45. The molecule has 0 radical (unpaired) electrons. The summed E-state index contributed by atoms with van der Waals surface area (Å²) in [7, 11) is 5.53. The van der Waals surface area contributed by atoms with E-state index in [9.17, 15) is 14.4 Å². The highest BCUT2D eigenvalue weighted by Crippen LogP contribution is 2.38. The third kappa shape index (κ3) is 4.61. The minimum absolute atomic E-state index is 0.0481. The van der Waals surface area contributed by atoms with Crippen molar-refractivity contribution in [2.75, 3.05) is 34.3 Å². The van der Waals surface area contributed by atoms with Crippen LogP contribution in [0.3, 0.4) is 0 Å². The summed E-state index contributed by atoms with van der Waals surface area (Å²) in [6.07, 6.45) is 3.72. The van der Waals surface area contributed by atoms with E-state index < -0.39 is 0 Å². The number of carbonyl (C=O) groups excluding carboxylic acids is 3. The standard InChI is InChI=1S/C22H31N3O4/c1-24(2)18(17-10-6-7-11-19(17)29-3)14-23-20(26)12-13-25-21(27)15-8-4-5-9-16(15)22(25)28/h6-7,10-11,15-16,18H,4-5,8-9,12-14H2,1-3H3,(H,23,26)/t15-,16-,18-/m0/s1. The molecule has 2 fully saturated rings. The maximum Gasteiger partial charge on any atom is 0.233 e. The van der Waals surface area contributed by atoms with Crippen LogP contribution in [0.15, 0.2) is 24.3 Å². The Morgan fingerprint density at radius 2 is 1.79 bits per heavy atom. The van der Waals surface area contributed by atoms with E-state index in [2.05, 4.69) is 5.32 Å². The summed E-state index contributed by atoms with van der Waals surface area (Å²) in [5.41, 5.74) is 0.995. The van der Waals surface area contributed by atoms with Crippen LogP contribution in [0.25, 0.3) is 0 Å². The smallest absolute Gasteiger partial charge is 0.233 e. The lowest BCUT2D eigenvalue weighted by Crippen LogP contribution is -2.38. The second kappa shape index (κ2) is 9.39. The molecule has 7 heteroatoms. The number of ether oxygens (including phenoxy) is 1. The van der Waals surface area contributed by atoms with Gasteiger partial charge in [0.2, 0.25) is 17.7 Å². The Morgan fingerprint density at radius 3 is 2.38 bits per heavy atom. The van der Waals surface area contributed by atoms with Gasteiger partial charge in [0.25, 0.3) is 0 Å². The number of benzene rings is 1. The van der Waals surface area contributed by atoms with Gasteiger partial charge in [-0.05, 0) is 33.0 Å². The van der Waals surface area contributed by atoms with Gasteiger partial charge in [0.1, 0.15) is 5.75 Å². The number of carbonyl (C=O) groups is 3. The van der Waals surface area contributed by atoms with Gasteiger partial charge < -0.3 is 15.0 Å². The number of rotatable bonds is 8. The maximum absolute atomic E-state index is 12.5. The van der Waals surface area contributed by atoms with Gasteiger partial charge in [-0.1, -0.05) is 31.0 Å². The lowest BCUT2D eigenvalue weighted by molar-refractivity contribution is -0.140. The summed E-state index contributed by atoms with van der Waals surface area (Å²) in [6.45, 7) is 0.580. The Kier molecular flexibility index (Phi) is 6.90. The van der Waals surface area contributed by atoms with Gasteiger partial charge in [-0.3, -0.25) is 19.3 Å². The molecule has 1 aliphatic carbocycles. The van der Waals surface area contributed by atoms with Crippen LogP contribution in [-0.2, 0) is 14.4 Å². The van der Waals surface area contributed by atoms with Crippen LogP contribution in [0.4, 0.5) is 0 Å². The largest absolute Gasteiger partial charge is 0.496 e. The topological polar surface area (TPSA) is 79.0 Å². The molecular weight excluding hydrogens is 370 g/mol. The van der Waals surface area contributed by atoms with E-state index in [1.54, 1.807) is 7.11 Å². The minimum Gasteiger partial charge on any atom is -0.496 e. The van der Waals surface area contributed by atoms with E-state index in [0.717, 1.165) is 37.0 Å². The average molecular weight is 402 g/mol. The Hall–Kier alpha value is -2.41. The van der Waals surface area contributed by atoms with E-state index in [0.29, 0.717) is 6.54 Å². The Morgan fingerprint density at radius 1 is 1.17 bits per heavy atom. The number of likely N-dealkylation sites (tertiary alicyclic amines) is 1. The van der Waals surface area contributed by atoms with Crippen LogP contribution >= 0.6 is 0 Å². The number of likely N-dealkylation sites (N-methyl/N-ethyl adjacent to an activating group) is 1. The molecule has 0 bridgehead atoms. The zero-order valence-corrected chi connectivity index (χ0v) is 17.5. The molecule has 29 heavy (non-hydrogen) atoms. The number of hydrogen-bond donors (Lipinski definition) is 1. The molecule has 1 aromatic rings. The first-order valence-electron chi connectivity index (χ1n) is 10.3. The van der Waals surface area contributed by atoms with Crippen molar-refractivity contribution in [1.82, 2.24) is 15.1 Å². The number of hydrogen-bond acceptors (Lipinski definition) is 5. The van der Waals surface area contributed by atoms with Crippen molar-refractivity contribution < 1.29 is 19.1 Å². The third-order valence-electron chi connectivity index (χ3n) is 6.11. The van der Waals surface area contributed by atoms with Crippen molar-refractivity contribution in [2.24, 2.45) is 11.8 Å². The highest BCUT2D eigenvalue weighted by Gasteiger charge is 2.47. The van der Waals surface area contributed by atoms with Crippen LogP contribution < -0.4 is 10.1 Å². The SMILES string of the molecule is COc1ccccc1[C@H](CNC(=O)CCN1C(=O)[C@H]2CCCC[C@@H]2C1=O)N(C)C. The van der Waals surface area contributed by atoms with Crippen LogP contribution in [0.2, 0.25) is 0 Å². The van der Waals surface area contributed by atoms with E-state index in [1.165, 1.54) is 4.90 Å². The molecule has 1 saturated heterocycles. The van der Waals surface area contributed by atoms with E-state index in [1.807, 2.05) is 43.3 Å². The maximum atomic E-state index is 12.5. The van der Waals surface area contributed by atoms with E-state index >= 15 is 0 Å². The van der Waals surface area contributed by atoms with E-state index in [4.69, 9.17) is 4.74 Å². The van der Waals surface area contributed by atoms with Crippen LogP contribution in [0.1, 0.15) is 43.7 Å². The van der Waals surface area contributed by atoms with Crippen LogP contribution in [0.5, 0.6) is 5.75 Å². The molecule has 0 unspecified atom stereocenters. The molecule has 1 saturated carbocycles. The number of nitrogens with one attached hydrogen (secondary N) is 1. The molecule has 2 aliphatic rings. The first-order valence-corrected chi connectivity index (χ1v) is 10.3. The fraction of sp³-hybridized carbons (Fsp3) is 0.591. The molecule has 158 valence electrons. The van der Waals surface area contributed by atoms with Crippen molar-refractivity contribution in [3.05, 3.63) is 29.8 Å². The monoisotopic (exact) mass is 401 g/mol. The van der Waals surface area contributed by atoms with Crippen molar-refractivity contribution in [3.8, 4) is 5.75 Å². The Labute approximate surface area is 172 Å². The number of amides is 3. The molecule has 1 heterocycles. The molecule has 7 nitrogen and oxygen atoms in total. The van der Waals surface area contributed by atoms with Crippen molar-refractivity contribution in [3.63, 3.8) is 0 Å².